The van der Waals surface area contributed by atoms with Crippen LogP contribution in [0.3, 0.4) is 0 Å². The summed E-state index contributed by atoms with van der Waals surface area (Å²) in [6.45, 7) is 12.2. The highest BCUT2D eigenvalue weighted by Gasteiger charge is 2.24. The molecular weight excluding hydrogens is 458 g/mol. The molecule has 0 aliphatic rings. The fraction of sp³-hybridized carbons (Fsp3) is 0.417. The van der Waals surface area contributed by atoms with Gasteiger partial charge in [0, 0.05) is 16.8 Å². The van der Waals surface area contributed by atoms with Crippen LogP contribution in [0.1, 0.15) is 57.5 Å². The molecule has 2 aromatic carbocycles. The number of ether oxygens (including phenoxy) is 2. The van der Waals surface area contributed by atoms with Crippen molar-refractivity contribution in [2.45, 2.75) is 64.5 Å². The monoisotopic (exact) mass is 491 g/mol. The molecule has 0 radical (unpaired) electrons. The number of carbonyl (C=O) groups excluding carboxylic acids is 2. The third-order valence-corrected chi connectivity index (χ3v) is 6.05. The molecule has 3 N–H and O–H groups in total. The van der Waals surface area contributed by atoms with Crippen LogP contribution in [0.25, 0.3) is 0 Å². The molecule has 186 valence electrons. The quantitative estimate of drug-likeness (QED) is 0.539. The minimum Gasteiger partial charge on any atom is -0.495 e. The Hall–Kier alpha value is -3.11. The summed E-state index contributed by atoms with van der Waals surface area (Å²) in [5.74, 6) is -0.125. The highest BCUT2D eigenvalue weighted by molar-refractivity contribution is 7.89. The number of aryl methyl sites for hydroxylation is 1. The predicted octanol–water partition coefficient (Wildman–Crippen LogP) is 4.68. The van der Waals surface area contributed by atoms with Gasteiger partial charge < -0.3 is 14.8 Å². The minimum atomic E-state index is -3.82. The molecule has 0 saturated carbocycles. The van der Waals surface area contributed by atoms with Crippen LogP contribution in [-0.2, 0) is 14.8 Å². The van der Waals surface area contributed by atoms with Crippen LogP contribution in [0.2, 0.25) is 0 Å². The van der Waals surface area contributed by atoms with Crippen molar-refractivity contribution in [1.29, 1.82) is 0 Å². The van der Waals surface area contributed by atoms with Gasteiger partial charge in [0.1, 0.15) is 11.4 Å². The van der Waals surface area contributed by atoms with Crippen molar-refractivity contribution in [3.63, 3.8) is 0 Å². The van der Waals surface area contributed by atoms with Gasteiger partial charge in [-0.2, -0.15) is 0 Å². The van der Waals surface area contributed by atoms with Crippen LogP contribution < -0.4 is 20.1 Å². The van der Waals surface area contributed by atoms with Crippen LogP contribution in [0.5, 0.6) is 5.75 Å². The van der Waals surface area contributed by atoms with E-state index in [0.717, 1.165) is 0 Å². The smallest absolute Gasteiger partial charge is 0.412 e. The molecule has 34 heavy (non-hydrogen) atoms. The van der Waals surface area contributed by atoms with Crippen molar-refractivity contribution in [3.8, 4) is 5.75 Å². The first-order valence-corrected chi connectivity index (χ1v) is 12.1. The van der Waals surface area contributed by atoms with E-state index < -0.39 is 33.2 Å². The summed E-state index contributed by atoms with van der Waals surface area (Å²) in [6, 6.07) is 9.09. The Morgan fingerprint density at radius 1 is 0.912 bits per heavy atom. The lowest BCUT2D eigenvalue weighted by atomic mass is 10.1. The lowest BCUT2D eigenvalue weighted by Crippen LogP contribution is -2.40. The van der Waals surface area contributed by atoms with Crippen LogP contribution in [0.4, 0.5) is 16.2 Å². The summed E-state index contributed by atoms with van der Waals surface area (Å²) in [6.07, 6.45) is -0.672. The van der Waals surface area contributed by atoms with Crippen molar-refractivity contribution in [2.75, 3.05) is 17.7 Å². The SMILES string of the molecule is COc1ccc(NC(=O)c2cc(S(=O)(=O)NC(C)(C)C)ccc2C)cc1NC(=O)OC(C)(C)C. The minimum absolute atomic E-state index is 0.0137. The predicted molar refractivity (Wildman–Crippen MR) is 132 cm³/mol. The zero-order valence-electron chi connectivity index (χ0n) is 20.8. The average molecular weight is 492 g/mol. The van der Waals surface area contributed by atoms with Crippen molar-refractivity contribution in [2.24, 2.45) is 0 Å². The Bertz CT molecular complexity index is 1180. The number of methoxy groups -OCH3 is 1. The number of nitrogens with one attached hydrogen (secondary N) is 3. The van der Waals surface area contributed by atoms with Gasteiger partial charge in [0.15, 0.2) is 0 Å². The largest absolute Gasteiger partial charge is 0.495 e. The number of hydrogen-bond donors (Lipinski definition) is 3. The average Bonchev–Trinajstić information content (AvgIpc) is 2.65. The molecule has 0 heterocycles. The van der Waals surface area contributed by atoms with Crippen molar-refractivity contribution in [1.82, 2.24) is 4.72 Å². The molecule has 0 aliphatic heterocycles. The molecule has 2 amide bonds. The first-order chi connectivity index (χ1) is 15.5. The normalized spacial score (nSPS) is 12.1. The number of hydrogen-bond acceptors (Lipinski definition) is 6. The van der Waals surface area contributed by atoms with Crippen LogP contribution in [0, 0.1) is 6.92 Å². The highest BCUT2D eigenvalue weighted by atomic mass is 32.2. The van der Waals surface area contributed by atoms with Crippen LogP contribution >= 0.6 is 0 Å². The molecule has 10 heteroatoms. The van der Waals surface area contributed by atoms with Gasteiger partial charge in [-0.25, -0.2) is 17.9 Å². The van der Waals surface area contributed by atoms with Gasteiger partial charge in [0.2, 0.25) is 10.0 Å². The zero-order chi connectivity index (χ0) is 25.9. The number of carbonyl (C=O) groups is 2. The van der Waals surface area contributed by atoms with Gasteiger partial charge in [-0.1, -0.05) is 6.07 Å². The van der Waals surface area contributed by atoms with Gasteiger partial charge in [0.25, 0.3) is 5.91 Å². The van der Waals surface area contributed by atoms with Gasteiger partial charge in [0.05, 0.1) is 17.7 Å². The molecule has 0 saturated heterocycles. The first-order valence-electron chi connectivity index (χ1n) is 10.6. The standard InChI is InChI=1S/C24H33N3O6S/c1-15-9-11-17(34(30,31)27-23(2,3)4)14-18(15)21(28)25-16-10-12-20(32-8)19(13-16)26-22(29)33-24(5,6)7/h9-14,27H,1-8H3,(H,25,28)(H,26,29). The Labute approximate surface area is 201 Å². The molecule has 0 bridgehead atoms. The van der Waals surface area contributed by atoms with Crippen molar-refractivity contribution < 1.29 is 27.5 Å². The summed E-state index contributed by atoms with van der Waals surface area (Å²) in [5.41, 5.74) is 0.122. The molecule has 0 aliphatic carbocycles. The van der Waals surface area contributed by atoms with E-state index in [1.54, 1.807) is 66.7 Å². The Balaban J connectivity index is 2.31. The summed E-state index contributed by atoms with van der Waals surface area (Å²) in [4.78, 5) is 25.2. The maximum Gasteiger partial charge on any atom is 0.412 e. The molecule has 9 nitrogen and oxygen atoms in total. The molecule has 0 unspecified atom stereocenters. The fourth-order valence-corrected chi connectivity index (χ4v) is 4.41. The first kappa shape index (κ1) is 27.1. The van der Waals surface area contributed by atoms with Crippen LogP contribution in [-0.4, -0.2) is 38.7 Å². The molecule has 2 rings (SSSR count). The maximum absolute atomic E-state index is 13.0. The Kier molecular flexibility index (Phi) is 8.00. The topological polar surface area (TPSA) is 123 Å². The number of rotatable bonds is 6. The molecule has 0 atom stereocenters. The summed E-state index contributed by atoms with van der Waals surface area (Å²) in [5, 5.41) is 5.35. The van der Waals surface area contributed by atoms with Gasteiger partial charge in [-0.05, 0) is 84.4 Å². The molecule has 0 fully saturated rings. The van der Waals surface area contributed by atoms with E-state index in [9.17, 15) is 18.0 Å². The third kappa shape index (κ3) is 7.74. The second kappa shape index (κ2) is 10.0. The second-order valence-corrected chi connectivity index (χ2v) is 11.5. The van der Waals surface area contributed by atoms with E-state index in [-0.39, 0.29) is 10.5 Å². The summed E-state index contributed by atoms with van der Waals surface area (Å²) < 4.78 is 38.5. The molecule has 0 aromatic heterocycles. The number of sulfonamides is 1. The third-order valence-electron chi connectivity index (χ3n) is 4.30. The summed E-state index contributed by atoms with van der Waals surface area (Å²) >= 11 is 0. The van der Waals surface area contributed by atoms with E-state index in [1.807, 2.05) is 0 Å². The highest BCUT2D eigenvalue weighted by Crippen LogP contribution is 2.29. The van der Waals surface area contributed by atoms with Crippen molar-refractivity contribution in [3.05, 3.63) is 47.5 Å². The van der Waals surface area contributed by atoms with E-state index in [2.05, 4.69) is 15.4 Å². The Morgan fingerprint density at radius 3 is 2.12 bits per heavy atom. The molecule has 0 spiro atoms. The van der Waals surface area contributed by atoms with Gasteiger partial charge >= 0.3 is 6.09 Å². The molecular formula is C24H33N3O6S. The second-order valence-electron chi connectivity index (χ2n) is 9.83. The fourth-order valence-electron chi connectivity index (χ4n) is 2.97. The number of benzene rings is 2. The van der Waals surface area contributed by atoms with Crippen LogP contribution in [0.15, 0.2) is 41.3 Å². The van der Waals surface area contributed by atoms with E-state index >= 15 is 0 Å². The lowest BCUT2D eigenvalue weighted by Gasteiger charge is -2.21. The van der Waals surface area contributed by atoms with Gasteiger partial charge in [-0.3, -0.25) is 10.1 Å². The number of anilines is 2. The summed E-state index contributed by atoms with van der Waals surface area (Å²) in [7, 11) is -2.36. The lowest BCUT2D eigenvalue weighted by molar-refractivity contribution is 0.0635. The van der Waals surface area contributed by atoms with Gasteiger partial charge in [-0.15, -0.1) is 0 Å². The van der Waals surface area contributed by atoms with E-state index in [0.29, 0.717) is 22.7 Å². The van der Waals surface area contributed by atoms with E-state index in [1.165, 1.54) is 25.3 Å². The molecule has 2 aromatic rings. The maximum atomic E-state index is 13.0. The van der Waals surface area contributed by atoms with Crippen molar-refractivity contribution >= 4 is 33.4 Å². The van der Waals surface area contributed by atoms with E-state index in [4.69, 9.17) is 9.47 Å². The zero-order valence-corrected chi connectivity index (χ0v) is 21.6. The Morgan fingerprint density at radius 2 is 1.56 bits per heavy atom. The number of amides is 2.